The minimum Gasteiger partial charge on any atom is -0.160 e. The molecule has 0 N–H and O–H groups in total. The molecule has 0 saturated carbocycles. The van der Waals surface area contributed by atoms with Crippen molar-refractivity contribution in [2.24, 2.45) is 0 Å². The summed E-state index contributed by atoms with van der Waals surface area (Å²) >= 11 is 9.35. The van der Waals surface area contributed by atoms with Crippen LogP contribution in [-0.4, -0.2) is 20.2 Å². The Labute approximate surface area is 100 Å². The number of rotatable bonds is 2. The second-order valence-corrected chi connectivity index (χ2v) is 4.39. The maximum Gasteiger partial charge on any atom is 0.171 e. The highest BCUT2D eigenvalue weighted by atomic mass is 79.9. The molecule has 0 amide bonds. The average molecular weight is 288 g/mol. The van der Waals surface area contributed by atoms with Crippen LogP contribution >= 0.6 is 27.5 Å². The first-order chi connectivity index (χ1) is 7.15. The second kappa shape index (κ2) is 4.28. The lowest BCUT2D eigenvalue weighted by Gasteiger charge is -2.03. The SMILES string of the molecule is Cc1nnn(Cc2cc(Cl)ccc2Br)n1. The van der Waals surface area contributed by atoms with E-state index in [0.29, 0.717) is 17.4 Å². The average Bonchev–Trinajstić information content (AvgIpc) is 2.58. The zero-order valence-electron chi connectivity index (χ0n) is 7.98. The highest BCUT2D eigenvalue weighted by Gasteiger charge is 2.04. The lowest BCUT2D eigenvalue weighted by atomic mass is 10.2. The zero-order valence-corrected chi connectivity index (χ0v) is 10.3. The lowest BCUT2D eigenvalue weighted by Crippen LogP contribution is -2.04. The van der Waals surface area contributed by atoms with Crippen LogP contribution in [-0.2, 0) is 6.54 Å². The van der Waals surface area contributed by atoms with Gasteiger partial charge in [-0.2, -0.15) is 4.80 Å². The summed E-state index contributed by atoms with van der Waals surface area (Å²) in [5, 5.41) is 12.5. The predicted octanol–water partition coefficient (Wildman–Crippen LogP) is 2.45. The standard InChI is InChI=1S/C9H8BrClN4/c1-6-12-14-15(13-6)5-7-4-8(11)2-3-9(7)10/h2-4H,5H2,1H3. The van der Waals surface area contributed by atoms with Gasteiger partial charge in [0.25, 0.3) is 0 Å². The molecule has 0 aliphatic carbocycles. The highest BCUT2D eigenvalue weighted by Crippen LogP contribution is 2.21. The van der Waals surface area contributed by atoms with Crippen LogP contribution in [0.1, 0.15) is 11.4 Å². The van der Waals surface area contributed by atoms with Crippen molar-refractivity contribution >= 4 is 27.5 Å². The number of benzene rings is 1. The van der Waals surface area contributed by atoms with Gasteiger partial charge in [-0.05, 0) is 35.9 Å². The second-order valence-electron chi connectivity index (χ2n) is 3.10. The molecule has 1 aromatic heterocycles. The molecule has 0 fully saturated rings. The largest absolute Gasteiger partial charge is 0.171 e. The van der Waals surface area contributed by atoms with Gasteiger partial charge in [-0.15, -0.1) is 10.2 Å². The maximum atomic E-state index is 5.90. The number of nitrogens with zero attached hydrogens (tertiary/aromatic N) is 4. The van der Waals surface area contributed by atoms with Crippen molar-refractivity contribution in [3.63, 3.8) is 0 Å². The Morgan fingerprint density at radius 2 is 2.27 bits per heavy atom. The van der Waals surface area contributed by atoms with E-state index in [1.165, 1.54) is 4.80 Å². The number of hydrogen-bond donors (Lipinski definition) is 0. The van der Waals surface area contributed by atoms with E-state index < -0.39 is 0 Å². The third kappa shape index (κ3) is 2.54. The maximum absolute atomic E-state index is 5.90. The molecule has 0 radical (unpaired) electrons. The van der Waals surface area contributed by atoms with Crippen molar-refractivity contribution in [1.29, 1.82) is 0 Å². The lowest BCUT2D eigenvalue weighted by molar-refractivity contribution is 0.570. The van der Waals surface area contributed by atoms with E-state index >= 15 is 0 Å². The number of halogens is 2. The van der Waals surface area contributed by atoms with Gasteiger partial charge in [0.2, 0.25) is 0 Å². The summed E-state index contributed by atoms with van der Waals surface area (Å²) in [5.74, 6) is 0.660. The molecule has 6 heteroatoms. The fourth-order valence-corrected chi connectivity index (χ4v) is 1.77. The number of hydrogen-bond acceptors (Lipinski definition) is 3. The van der Waals surface area contributed by atoms with E-state index in [9.17, 15) is 0 Å². The Morgan fingerprint density at radius 3 is 2.93 bits per heavy atom. The normalized spacial score (nSPS) is 10.6. The first kappa shape index (κ1) is 10.6. The minimum atomic E-state index is 0.558. The minimum absolute atomic E-state index is 0.558. The molecule has 1 aromatic carbocycles. The molecule has 0 atom stereocenters. The fraction of sp³-hybridized carbons (Fsp3) is 0.222. The van der Waals surface area contributed by atoms with E-state index in [0.717, 1.165) is 10.0 Å². The van der Waals surface area contributed by atoms with Crippen LogP contribution in [0.5, 0.6) is 0 Å². The molecule has 0 aliphatic rings. The van der Waals surface area contributed by atoms with Crippen LogP contribution in [0.4, 0.5) is 0 Å². The smallest absolute Gasteiger partial charge is 0.160 e. The fourth-order valence-electron chi connectivity index (χ4n) is 1.21. The molecule has 1 heterocycles. The Bertz CT molecular complexity index is 483. The number of aromatic nitrogens is 4. The van der Waals surface area contributed by atoms with Crippen LogP contribution in [0.25, 0.3) is 0 Å². The number of aryl methyl sites for hydroxylation is 1. The third-order valence-electron chi connectivity index (χ3n) is 1.87. The van der Waals surface area contributed by atoms with Crippen molar-refractivity contribution in [1.82, 2.24) is 20.2 Å². The Balaban J connectivity index is 2.27. The molecule has 0 saturated heterocycles. The number of tetrazole rings is 1. The summed E-state index contributed by atoms with van der Waals surface area (Å²) in [6.07, 6.45) is 0. The summed E-state index contributed by atoms with van der Waals surface area (Å²) < 4.78 is 0.988. The van der Waals surface area contributed by atoms with Gasteiger partial charge < -0.3 is 0 Å². The summed E-state index contributed by atoms with van der Waals surface area (Å²) in [6.45, 7) is 2.36. The van der Waals surface area contributed by atoms with E-state index in [4.69, 9.17) is 11.6 Å². The Morgan fingerprint density at radius 1 is 1.47 bits per heavy atom. The van der Waals surface area contributed by atoms with Crippen LogP contribution in [0.15, 0.2) is 22.7 Å². The van der Waals surface area contributed by atoms with E-state index in [2.05, 4.69) is 31.3 Å². The van der Waals surface area contributed by atoms with Gasteiger partial charge in [-0.25, -0.2) is 0 Å². The van der Waals surface area contributed by atoms with Crippen molar-refractivity contribution in [2.75, 3.05) is 0 Å². The highest BCUT2D eigenvalue weighted by molar-refractivity contribution is 9.10. The van der Waals surface area contributed by atoms with Crippen molar-refractivity contribution < 1.29 is 0 Å². The molecule has 0 aliphatic heterocycles. The van der Waals surface area contributed by atoms with Gasteiger partial charge in [0.1, 0.15) is 0 Å². The summed E-state index contributed by atoms with van der Waals surface area (Å²) in [5.41, 5.74) is 1.03. The quantitative estimate of drug-likeness (QED) is 0.852. The summed E-state index contributed by atoms with van der Waals surface area (Å²) in [4.78, 5) is 1.53. The molecule has 15 heavy (non-hydrogen) atoms. The van der Waals surface area contributed by atoms with Crippen molar-refractivity contribution in [3.8, 4) is 0 Å². The van der Waals surface area contributed by atoms with Crippen molar-refractivity contribution in [2.45, 2.75) is 13.5 Å². The molecule has 0 bridgehead atoms. The zero-order chi connectivity index (χ0) is 10.8. The topological polar surface area (TPSA) is 43.6 Å². The van der Waals surface area contributed by atoms with Gasteiger partial charge in [-0.1, -0.05) is 27.5 Å². The molecular weight excluding hydrogens is 279 g/mol. The monoisotopic (exact) mass is 286 g/mol. The summed E-state index contributed by atoms with van der Waals surface area (Å²) in [6, 6.07) is 5.61. The van der Waals surface area contributed by atoms with E-state index in [-0.39, 0.29) is 0 Å². The molecule has 2 rings (SSSR count). The van der Waals surface area contributed by atoms with Gasteiger partial charge in [0.05, 0.1) is 6.54 Å². The molecule has 0 spiro atoms. The summed E-state index contributed by atoms with van der Waals surface area (Å²) in [7, 11) is 0. The van der Waals surface area contributed by atoms with Crippen LogP contribution < -0.4 is 0 Å². The Kier molecular flexibility index (Phi) is 3.02. The van der Waals surface area contributed by atoms with E-state index in [1.807, 2.05) is 18.2 Å². The molecular formula is C9H8BrClN4. The van der Waals surface area contributed by atoms with Crippen molar-refractivity contribution in [3.05, 3.63) is 39.1 Å². The van der Waals surface area contributed by atoms with Crippen LogP contribution in [0.3, 0.4) is 0 Å². The Hall–Kier alpha value is -0.940. The molecule has 4 nitrogen and oxygen atoms in total. The van der Waals surface area contributed by atoms with E-state index in [1.54, 1.807) is 6.92 Å². The van der Waals surface area contributed by atoms with Gasteiger partial charge in [0.15, 0.2) is 5.82 Å². The third-order valence-corrected chi connectivity index (χ3v) is 2.88. The van der Waals surface area contributed by atoms with Crippen LogP contribution in [0.2, 0.25) is 5.02 Å². The van der Waals surface area contributed by atoms with Gasteiger partial charge in [0, 0.05) is 9.50 Å². The van der Waals surface area contributed by atoms with Crippen LogP contribution in [0, 0.1) is 6.92 Å². The predicted molar refractivity (Wildman–Crippen MR) is 60.8 cm³/mol. The molecule has 0 unspecified atom stereocenters. The van der Waals surface area contributed by atoms with Gasteiger partial charge in [-0.3, -0.25) is 0 Å². The first-order valence-electron chi connectivity index (χ1n) is 4.33. The molecule has 2 aromatic rings. The molecule has 78 valence electrons. The first-order valence-corrected chi connectivity index (χ1v) is 5.50. The van der Waals surface area contributed by atoms with Gasteiger partial charge >= 0.3 is 0 Å².